The molecule has 2 unspecified atom stereocenters. The van der Waals surface area contributed by atoms with E-state index in [2.05, 4.69) is 86.8 Å². The molecule has 0 aliphatic carbocycles. The molecule has 388 valence electrons. The summed E-state index contributed by atoms with van der Waals surface area (Å²) in [5, 5.41) is 0. The van der Waals surface area contributed by atoms with E-state index < -0.39 is 26.5 Å². The van der Waals surface area contributed by atoms with E-state index in [-0.39, 0.29) is 32.0 Å². The third kappa shape index (κ3) is 52.7. The second kappa shape index (κ2) is 48.5. The highest BCUT2D eigenvalue weighted by Gasteiger charge is 2.27. The minimum atomic E-state index is -4.39. The van der Waals surface area contributed by atoms with E-state index in [9.17, 15) is 19.0 Å². The van der Waals surface area contributed by atoms with Gasteiger partial charge in [-0.3, -0.25) is 18.6 Å². The number of allylic oxidation sites excluding steroid dienone is 12. The normalized spacial score (nSPS) is 13.9. The number of hydrogen-bond donors (Lipinski definition) is 1. The van der Waals surface area contributed by atoms with Crippen molar-refractivity contribution in [3.63, 3.8) is 0 Å². The van der Waals surface area contributed by atoms with Crippen molar-refractivity contribution >= 4 is 19.8 Å². The average molecular weight is 961 g/mol. The minimum absolute atomic E-state index is 0.0283. The van der Waals surface area contributed by atoms with E-state index >= 15 is 0 Å². The molecule has 0 radical (unpaired) electrons. The van der Waals surface area contributed by atoms with Crippen LogP contribution in [0.1, 0.15) is 226 Å². The van der Waals surface area contributed by atoms with Gasteiger partial charge in [0.2, 0.25) is 0 Å². The first-order valence-electron chi connectivity index (χ1n) is 27.2. The van der Waals surface area contributed by atoms with Crippen LogP contribution in [0.15, 0.2) is 72.9 Å². The van der Waals surface area contributed by atoms with Crippen molar-refractivity contribution in [2.45, 2.75) is 232 Å². The lowest BCUT2D eigenvalue weighted by Gasteiger charge is -2.24. The van der Waals surface area contributed by atoms with Crippen LogP contribution < -0.4 is 0 Å². The quantitative estimate of drug-likeness (QED) is 0.0211. The first-order valence-corrected chi connectivity index (χ1v) is 28.7. The van der Waals surface area contributed by atoms with Gasteiger partial charge in [0.05, 0.1) is 27.7 Å². The number of carbonyl (C=O) groups is 2. The smallest absolute Gasteiger partial charge is 0.462 e. The van der Waals surface area contributed by atoms with Crippen molar-refractivity contribution in [1.82, 2.24) is 0 Å². The Bertz CT molecular complexity index is 1360. The highest BCUT2D eigenvalue weighted by atomic mass is 31.2. The third-order valence-electron chi connectivity index (χ3n) is 11.5. The monoisotopic (exact) mass is 961 g/mol. The van der Waals surface area contributed by atoms with Crippen molar-refractivity contribution in [2.75, 3.05) is 47.5 Å². The summed E-state index contributed by atoms with van der Waals surface area (Å²) in [6.45, 7) is 4.30. The van der Waals surface area contributed by atoms with Crippen LogP contribution in [0.4, 0.5) is 0 Å². The Morgan fingerprint density at radius 2 is 0.851 bits per heavy atom. The molecule has 9 nitrogen and oxygen atoms in total. The molecule has 0 amide bonds. The molecule has 0 bridgehead atoms. The van der Waals surface area contributed by atoms with Crippen LogP contribution in [0.3, 0.4) is 0 Å². The second-order valence-electron chi connectivity index (χ2n) is 19.2. The van der Waals surface area contributed by atoms with Crippen molar-refractivity contribution in [3.05, 3.63) is 72.9 Å². The maximum Gasteiger partial charge on any atom is 0.472 e. The van der Waals surface area contributed by atoms with E-state index in [0.717, 1.165) is 89.9 Å². The molecule has 0 saturated heterocycles. The van der Waals surface area contributed by atoms with E-state index in [1.165, 1.54) is 103 Å². The van der Waals surface area contributed by atoms with Gasteiger partial charge in [0.15, 0.2) is 6.10 Å². The first-order chi connectivity index (χ1) is 32.5. The first kappa shape index (κ1) is 64.5. The van der Waals surface area contributed by atoms with Crippen molar-refractivity contribution in [1.29, 1.82) is 0 Å². The van der Waals surface area contributed by atoms with Gasteiger partial charge in [-0.05, 0) is 83.5 Å². The summed E-state index contributed by atoms with van der Waals surface area (Å²) in [7, 11) is 1.47. The maximum absolute atomic E-state index is 12.8. The number of rotatable bonds is 49. The summed E-state index contributed by atoms with van der Waals surface area (Å²) in [6, 6.07) is 0. The zero-order valence-corrected chi connectivity index (χ0v) is 44.8. The Kier molecular flexibility index (Phi) is 46.6. The lowest BCUT2D eigenvalue weighted by atomic mass is 10.0. The number of hydrogen-bond acceptors (Lipinski definition) is 7. The molecular weight excluding hydrogens is 858 g/mol. The van der Waals surface area contributed by atoms with E-state index in [1.54, 1.807) is 0 Å². The van der Waals surface area contributed by atoms with E-state index in [4.69, 9.17) is 18.5 Å². The Morgan fingerprint density at radius 3 is 1.28 bits per heavy atom. The van der Waals surface area contributed by atoms with Gasteiger partial charge >= 0.3 is 19.8 Å². The lowest BCUT2D eigenvalue weighted by molar-refractivity contribution is -0.870. The number of carbonyl (C=O) groups excluding carboxylic acids is 2. The number of nitrogens with zero attached hydrogens (tertiary/aromatic N) is 1. The molecule has 0 aliphatic heterocycles. The molecule has 0 aliphatic rings. The maximum atomic E-state index is 12.8. The number of esters is 2. The molecule has 0 aromatic heterocycles. The molecule has 0 fully saturated rings. The van der Waals surface area contributed by atoms with Gasteiger partial charge in [-0.2, -0.15) is 0 Å². The van der Waals surface area contributed by atoms with Crippen LogP contribution in [0.5, 0.6) is 0 Å². The summed E-state index contributed by atoms with van der Waals surface area (Å²) in [4.78, 5) is 35.6. The van der Waals surface area contributed by atoms with Crippen LogP contribution in [-0.2, 0) is 32.7 Å². The SMILES string of the molecule is CC/C=C\C/C=C\C/C=C\C/C=C\C/C=C\CCCCCCCCCCCCCCCC(=O)OC(COC(=O)CCCCCCC/C=C\CCCCCCC)COP(=O)(O)OCC[N+](C)(C)C. The predicted molar refractivity (Wildman–Crippen MR) is 284 cm³/mol. The molecule has 67 heavy (non-hydrogen) atoms. The van der Waals surface area contributed by atoms with Gasteiger partial charge in [0, 0.05) is 12.8 Å². The van der Waals surface area contributed by atoms with Gasteiger partial charge in [-0.15, -0.1) is 0 Å². The summed E-state index contributed by atoms with van der Waals surface area (Å²) in [5.74, 6) is -0.808. The highest BCUT2D eigenvalue weighted by molar-refractivity contribution is 7.47. The minimum Gasteiger partial charge on any atom is -0.462 e. The summed E-state index contributed by atoms with van der Waals surface area (Å²) in [5.41, 5.74) is 0. The molecule has 0 aromatic carbocycles. The van der Waals surface area contributed by atoms with Crippen molar-refractivity contribution < 1.29 is 42.1 Å². The molecule has 0 heterocycles. The standard InChI is InChI=1S/C57H102NO8P/c1-6-8-10-12-14-16-18-20-22-23-24-25-26-27-28-29-30-31-32-33-34-35-36-38-40-42-44-46-48-50-57(60)66-55(54-65-67(61,62)64-52-51-58(3,4)5)53-63-56(59)49-47-45-43-41-39-37-21-19-17-15-13-11-9-7-2/h8,10,14,16,19-22,24-25,27-28,55H,6-7,9,11-13,15,17-18,23,26,29-54H2,1-5H3/p+1/b10-8-,16-14-,21-19-,22-20-,25-24-,28-27-. The van der Waals surface area contributed by atoms with Gasteiger partial charge in [-0.1, -0.05) is 202 Å². The molecule has 10 heteroatoms. The molecule has 0 aromatic rings. The van der Waals surface area contributed by atoms with Gasteiger partial charge in [0.25, 0.3) is 0 Å². The molecule has 0 spiro atoms. The third-order valence-corrected chi connectivity index (χ3v) is 12.5. The van der Waals surface area contributed by atoms with Crippen LogP contribution in [-0.4, -0.2) is 74.9 Å². The molecule has 0 rings (SSSR count). The Balaban J connectivity index is 4.15. The summed E-state index contributed by atoms with van der Waals surface area (Å²) < 4.78 is 34.5. The Hall–Kier alpha value is -2.55. The van der Waals surface area contributed by atoms with E-state index in [1.807, 2.05) is 21.1 Å². The number of unbranched alkanes of at least 4 members (excludes halogenated alkanes) is 23. The fraction of sp³-hybridized carbons (Fsp3) is 0.754. The zero-order chi connectivity index (χ0) is 49.2. The topological polar surface area (TPSA) is 108 Å². The number of ether oxygens (including phenoxy) is 2. The Labute approximate surface area is 412 Å². The summed E-state index contributed by atoms with van der Waals surface area (Å²) in [6.07, 6.45) is 62.5. The Morgan fingerprint density at radius 1 is 0.478 bits per heavy atom. The van der Waals surface area contributed by atoms with Crippen LogP contribution in [0.2, 0.25) is 0 Å². The number of quaternary nitrogens is 1. The van der Waals surface area contributed by atoms with Crippen LogP contribution >= 0.6 is 7.82 Å². The molecule has 0 saturated carbocycles. The van der Waals surface area contributed by atoms with Crippen molar-refractivity contribution in [2.24, 2.45) is 0 Å². The van der Waals surface area contributed by atoms with Crippen LogP contribution in [0, 0.1) is 0 Å². The zero-order valence-electron chi connectivity index (χ0n) is 43.9. The van der Waals surface area contributed by atoms with E-state index in [0.29, 0.717) is 17.4 Å². The molecule has 2 atom stereocenters. The van der Waals surface area contributed by atoms with Gasteiger partial charge in [-0.25, -0.2) is 4.57 Å². The van der Waals surface area contributed by atoms with Crippen molar-refractivity contribution in [3.8, 4) is 0 Å². The fourth-order valence-corrected chi connectivity index (χ4v) is 8.01. The fourth-order valence-electron chi connectivity index (χ4n) is 7.27. The number of phosphoric ester groups is 1. The summed E-state index contributed by atoms with van der Waals surface area (Å²) >= 11 is 0. The molecule has 1 N–H and O–H groups in total. The van der Waals surface area contributed by atoms with Gasteiger partial charge in [0.1, 0.15) is 19.8 Å². The molecular formula is C57H103NO8P+. The van der Waals surface area contributed by atoms with Crippen LogP contribution in [0.25, 0.3) is 0 Å². The highest BCUT2D eigenvalue weighted by Crippen LogP contribution is 2.43. The largest absolute Gasteiger partial charge is 0.472 e. The second-order valence-corrected chi connectivity index (χ2v) is 20.7. The average Bonchev–Trinajstić information content (AvgIpc) is 3.29. The lowest BCUT2D eigenvalue weighted by Crippen LogP contribution is -2.37. The number of likely N-dealkylation sites (N-methyl/N-ethyl adjacent to an activating group) is 1. The van der Waals surface area contributed by atoms with Gasteiger partial charge < -0.3 is 18.9 Å². The number of phosphoric acid groups is 1. The predicted octanol–water partition coefficient (Wildman–Crippen LogP) is 16.5.